The van der Waals surface area contributed by atoms with Crippen LogP contribution < -0.4 is 0 Å². The van der Waals surface area contributed by atoms with Gasteiger partial charge < -0.3 is 19.0 Å². The van der Waals surface area contributed by atoms with Gasteiger partial charge in [-0.25, -0.2) is 0 Å². The molecule has 2 fully saturated rings. The van der Waals surface area contributed by atoms with Gasteiger partial charge in [0.1, 0.15) is 11.8 Å². The molecule has 2 aliphatic rings. The minimum Gasteiger partial charge on any atom is -0.456 e. The number of piperidine rings is 1. The van der Waals surface area contributed by atoms with Crippen LogP contribution in [0.4, 0.5) is 0 Å². The van der Waals surface area contributed by atoms with Crippen molar-refractivity contribution in [2.24, 2.45) is 5.92 Å². The number of nitrogens with zero attached hydrogens (tertiary/aromatic N) is 3. The van der Waals surface area contributed by atoms with Crippen LogP contribution in [0.5, 0.6) is 0 Å². The van der Waals surface area contributed by atoms with Gasteiger partial charge in [-0.15, -0.1) is 0 Å². The van der Waals surface area contributed by atoms with Crippen molar-refractivity contribution >= 4 is 11.8 Å². The lowest BCUT2D eigenvalue weighted by molar-refractivity contribution is -0.143. The fourth-order valence-corrected chi connectivity index (χ4v) is 3.38. The van der Waals surface area contributed by atoms with Crippen molar-refractivity contribution in [3.05, 3.63) is 23.7 Å². The molecule has 0 saturated carbocycles. The summed E-state index contributed by atoms with van der Waals surface area (Å²) in [6, 6.07) is 5.17. The fourth-order valence-electron chi connectivity index (χ4n) is 3.38. The van der Waals surface area contributed by atoms with E-state index in [1.807, 2.05) is 13.0 Å². The number of nitriles is 1. The first-order valence-corrected chi connectivity index (χ1v) is 8.79. The molecule has 2 amide bonds. The van der Waals surface area contributed by atoms with E-state index in [1.165, 1.54) is 0 Å². The molecule has 0 bridgehead atoms. The molecule has 3 heterocycles. The number of furan rings is 1. The van der Waals surface area contributed by atoms with E-state index in [0.29, 0.717) is 44.8 Å². The van der Waals surface area contributed by atoms with Crippen molar-refractivity contribution in [1.82, 2.24) is 9.80 Å². The van der Waals surface area contributed by atoms with Crippen LogP contribution in [0.2, 0.25) is 0 Å². The predicted molar refractivity (Wildman–Crippen MR) is 88.6 cm³/mol. The highest BCUT2D eigenvalue weighted by Crippen LogP contribution is 2.23. The second-order valence-corrected chi connectivity index (χ2v) is 6.44. The number of ether oxygens (including phenoxy) is 1. The first kappa shape index (κ1) is 17.5. The van der Waals surface area contributed by atoms with E-state index in [0.717, 1.165) is 12.2 Å². The number of carbonyl (C=O) groups excluding carboxylic acids is 2. The second-order valence-electron chi connectivity index (χ2n) is 6.44. The Balaban J connectivity index is 1.57. The van der Waals surface area contributed by atoms with Gasteiger partial charge >= 0.3 is 0 Å². The van der Waals surface area contributed by atoms with E-state index in [4.69, 9.17) is 9.15 Å². The molecule has 3 rings (SSSR count). The Morgan fingerprint density at radius 3 is 2.68 bits per heavy atom. The van der Waals surface area contributed by atoms with Crippen LogP contribution in [-0.4, -0.2) is 60.5 Å². The van der Waals surface area contributed by atoms with E-state index < -0.39 is 6.04 Å². The topological polar surface area (TPSA) is 86.8 Å². The molecule has 2 aliphatic heterocycles. The van der Waals surface area contributed by atoms with Crippen molar-refractivity contribution in [3.63, 3.8) is 0 Å². The number of hydrogen-bond donors (Lipinski definition) is 0. The Labute approximate surface area is 147 Å². The summed E-state index contributed by atoms with van der Waals surface area (Å²) < 4.78 is 10.8. The van der Waals surface area contributed by atoms with Crippen LogP contribution in [0.15, 0.2) is 16.5 Å². The molecular weight excluding hydrogens is 322 g/mol. The quantitative estimate of drug-likeness (QED) is 0.827. The summed E-state index contributed by atoms with van der Waals surface area (Å²) in [6.07, 6.45) is 1.98. The monoisotopic (exact) mass is 345 g/mol. The lowest BCUT2D eigenvalue weighted by atomic mass is 9.94. The van der Waals surface area contributed by atoms with Gasteiger partial charge in [0.15, 0.2) is 5.76 Å². The summed E-state index contributed by atoms with van der Waals surface area (Å²) in [5.41, 5.74) is 0. The van der Waals surface area contributed by atoms with Crippen molar-refractivity contribution in [1.29, 1.82) is 5.26 Å². The highest BCUT2D eigenvalue weighted by Gasteiger charge is 2.35. The molecule has 7 heteroatoms. The smallest absolute Gasteiger partial charge is 0.289 e. The zero-order valence-electron chi connectivity index (χ0n) is 14.4. The predicted octanol–water partition coefficient (Wildman–Crippen LogP) is 1.45. The number of likely N-dealkylation sites (tertiary alicyclic amines) is 1. The third-order valence-electron chi connectivity index (χ3n) is 4.91. The second kappa shape index (κ2) is 7.70. The van der Waals surface area contributed by atoms with Gasteiger partial charge in [0, 0.05) is 32.0 Å². The maximum absolute atomic E-state index is 12.7. The third kappa shape index (κ3) is 3.69. The van der Waals surface area contributed by atoms with E-state index in [9.17, 15) is 14.9 Å². The molecule has 0 radical (unpaired) electrons. The molecule has 2 saturated heterocycles. The average molecular weight is 345 g/mol. The summed E-state index contributed by atoms with van der Waals surface area (Å²) in [5, 5.41) is 9.18. The number of aryl methyl sites for hydroxylation is 1. The number of carbonyl (C=O) groups is 2. The normalized spacial score (nSPS) is 21.8. The van der Waals surface area contributed by atoms with Crippen molar-refractivity contribution in [2.75, 3.05) is 32.8 Å². The van der Waals surface area contributed by atoms with Gasteiger partial charge in [-0.2, -0.15) is 5.26 Å². The highest BCUT2D eigenvalue weighted by atomic mass is 16.5. The minimum atomic E-state index is -0.503. The van der Waals surface area contributed by atoms with Crippen LogP contribution in [-0.2, 0) is 16.0 Å². The average Bonchev–Trinajstić information content (AvgIpc) is 3.16. The molecule has 1 aromatic rings. The number of amides is 2. The number of rotatable bonds is 3. The molecule has 134 valence electrons. The Morgan fingerprint density at radius 2 is 2.04 bits per heavy atom. The first-order chi connectivity index (χ1) is 12.1. The standard InChI is InChI=1S/C18H23N3O4/c1-2-15-3-4-16(25-15)18(23)20-7-5-13(6-8-20)17(22)21-9-10-24-12-14(21)11-19/h3-4,13-14H,2,5-10,12H2,1H3/t14-/m1/s1. The molecule has 0 spiro atoms. The van der Waals surface area contributed by atoms with Gasteiger partial charge in [-0.1, -0.05) is 6.92 Å². The van der Waals surface area contributed by atoms with Crippen LogP contribution in [0.3, 0.4) is 0 Å². The Hall–Kier alpha value is -2.33. The molecular formula is C18H23N3O4. The summed E-state index contributed by atoms with van der Waals surface area (Å²) in [4.78, 5) is 28.6. The third-order valence-corrected chi connectivity index (χ3v) is 4.91. The van der Waals surface area contributed by atoms with Gasteiger partial charge in [-0.3, -0.25) is 9.59 Å². The van der Waals surface area contributed by atoms with Gasteiger partial charge in [0.25, 0.3) is 5.91 Å². The van der Waals surface area contributed by atoms with Gasteiger partial charge in [0.2, 0.25) is 5.91 Å². The molecule has 1 atom stereocenters. The Kier molecular flexibility index (Phi) is 5.39. The first-order valence-electron chi connectivity index (χ1n) is 8.79. The largest absolute Gasteiger partial charge is 0.456 e. The van der Waals surface area contributed by atoms with Crippen LogP contribution >= 0.6 is 0 Å². The van der Waals surface area contributed by atoms with Gasteiger partial charge in [-0.05, 0) is 25.0 Å². The number of hydrogen-bond acceptors (Lipinski definition) is 5. The summed E-state index contributed by atoms with van der Waals surface area (Å²) >= 11 is 0. The summed E-state index contributed by atoms with van der Waals surface area (Å²) in [7, 11) is 0. The zero-order valence-corrected chi connectivity index (χ0v) is 14.4. The van der Waals surface area contributed by atoms with Crippen LogP contribution in [0.25, 0.3) is 0 Å². The molecule has 0 aromatic carbocycles. The highest BCUT2D eigenvalue weighted by molar-refractivity contribution is 5.91. The Morgan fingerprint density at radius 1 is 1.28 bits per heavy atom. The van der Waals surface area contributed by atoms with Crippen molar-refractivity contribution in [3.8, 4) is 6.07 Å². The lowest BCUT2D eigenvalue weighted by Crippen LogP contribution is -2.52. The zero-order chi connectivity index (χ0) is 17.8. The summed E-state index contributed by atoms with van der Waals surface area (Å²) in [5.74, 6) is 0.906. The van der Waals surface area contributed by atoms with Gasteiger partial charge in [0.05, 0.1) is 19.3 Å². The number of morpholine rings is 1. The fraction of sp³-hybridized carbons (Fsp3) is 0.611. The molecule has 1 aromatic heterocycles. The van der Waals surface area contributed by atoms with Crippen LogP contribution in [0, 0.1) is 17.2 Å². The molecule has 0 unspecified atom stereocenters. The molecule has 0 aliphatic carbocycles. The molecule has 7 nitrogen and oxygen atoms in total. The van der Waals surface area contributed by atoms with E-state index in [1.54, 1.807) is 15.9 Å². The Bertz CT molecular complexity index is 670. The summed E-state index contributed by atoms with van der Waals surface area (Å²) in [6.45, 7) is 4.24. The van der Waals surface area contributed by atoms with E-state index in [2.05, 4.69) is 6.07 Å². The van der Waals surface area contributed by atoms with Crippen molar-refractivity contribution in [2.45, 2.75) is 32.2 Å². The van der Waals surface area contributed by atoms with E-state index in [-0.39, 0.29) is 24.3 Å². The SMILES string of the molecule is CCc1ccc(C(=O)N2CCC(C(=O)N3CCOC[C@H]3C#N)CC2)o1. The maximum Gasteiger partial charge on any atom is 0.289 e. The van der Waals surface area contributed by atoms with E-state index >= 15 is 0 Å². The lowest BCUT2D eigenvalue weighted by Gasteiger charge is -2.37. The molecule has 0 N–H and O–H groups in total. The van der Waals surface area contributed by atoms with Crippen LogP contribution in [0.1, 0.15) is 36.1 Å². The molecule has 25 heavy (non-hydrogen) atoms. The van der Waals surface area contributed by atoms with Crippen molar-refractivity contribution < 1.29 is 18.7 Å². The maximum atomic E-state index is 12.7. The minimum absolute atomic E-state index is 0.00761.